The summed E-state index contributed by atoms with van der Waals surface area (Å²) < 4.78 is 93.8. The summed E-state index contributed by atoms with van der Waals surface area (Å²) in [6.45, 7) is 0. The molecule has 0 atom stereocenters. The van der Waals surface area contributed by atoms with Crippen LogP contribution in [0.1, 0.15) is 11.9 Å². The molecule has 9 nitrogen and oxygen atoms in total. The minimum Gasteiger partial charge on any atom is -0.497 e. The lowest BCUT2D eigenvalue weighted by molar-refractivity contribution is 0.00386. The molecule has 0 saturated carbocycles. The number of fused-ring (bicyclic) bond motifs is 1. The standard InChI is InChI=1S/C24H18F2O9S2/c1-31-23-5-4-16-14-18(3-2-17(16)15-23)24(32-19-6-10-21(11-7-19)34-36(25,27)28)33-20-8-12-22(13-9-20)35-37(26,29)30/h2-15,24H,1H3. The molecule has 13 heteroatoms. The maximum Gasteiger partial charge on any atom is 0.488 e. The SMILES string of the molecule is COc1ccc2cc(C(Oc3ccc(OS(=O)(=O)F)cc3)Oc3ccc(OS(=O)(=O)F)cc3)ccc2c1. The van der Waals surface area contributed by atoms with Crippen molar-refractivity contribution in [1.29, 1.82) is 0 Å². The molecule has 4 aromatic rings. The summed E-state index contributed by atoms with van der Waals surface area (Å²) in [5, 5.41) is 1.74. The Bertz CT molecular complexity index is 1530. The van der Waals surface area contributed by atoms with Crippen molar-refractivity contribution >= 4 is 31.8 Å². The summed E-state index contributed by atoms with van der Waals surface area (Å²) in [5.74, 6) is 0.620. The molecule has 0 fully saturated rings. The smallest absolute Gasteiger partial charge is 0.488 e. The van der Waals surface area contributed by atoms with E-state index in [1.165, 1.54) is 48.5 Å². The van der Waals surface area contributed by atoms with Crippen LogP contribution >= 0.6 is 0 Å². The van der Waals surface area contributed by atoms with E-state index in [2.05, 4.69) is 8.37 Å². The highest BCUT2D eigenvalue weighted by Gasteiger charge is 2.18. The number of rotatable bonds is 10. The van der Waals surface area contributed by atoms with Crippen LogP contribution in [0.15, 0.2) is 84.9 Å². The van der Waals surface area contributed by atoms with Gasteiger partial charge in [0.1, 0.15) is 28.7 Å². The van der Waals surface area contributed by atoms with Gasteiger partial charge in [0.2, 0.25) is 0 Å². The van der Waals surface area contributed by atoms with Crippen LogP contribution in [0.25, 0.3) is 10.8 Å². The maximum atomic E-state index is 12.8. The van der Waals surface area contributed by atoms with Crippen LogP contribution in [0.5, 0.6) is 28.7 Å². The molecule has 0 saturated heterocycles. The molecule has 0 aliphatic heterocycles. The second-order valence-corrected chi connectivity index (χ2v) is 9.34. The largest absolute Gasteiger partial charge is 0.497 e. The van der Waals surface area contributed by atoms with E-state index in [1.807, 2.05) is 24.3 Å². The molecule has 37 heavy (non-hydrogen) atoms. The quantitative estimate of drug-likeness (QED) is 0.194. The molecule has 0 aromatic heterocycles. The molecular weight excluding hydrogens is 534 g/mol. The van der Waals surface area contributed by atoms with Gasteiger partial charge in [0.05, 0.1) is 7.11 Å². The van der Waals surface area contributed by atoms with Gasteiger partial charge >= 0.3 is 21.0 Å². The Morgan fingerprint density at radius 2 is 0.973 bits per heavy atom. The van der Waals surface area contributed by atoms with Gasteiger partial charge in [-0.05, 0) is 77.5 Å². The molecule has 0 heterocycles. The topological polar surface area (TPSA) is 114 Å². The molecule has 0 aliphatic carbocycles. The average Bonchev–Trinajstić information content (AvgIpc) is 2.83. The summed E-state index contributed by atoms with van der Waals surface area (Å²) >= 11 is 0. The molecule has 4 aromatic carbocycles. The van der Waals surface area contributed by atoms with Crippen molar-refractivity contribution in [1.82, 2.24) is 0 Å². The van der Waals surface area contributed by atoms with Gasteiger partial charge in [-0.1, -0.05) is 26.0 Å². The first-order valence-electron chi connectivity index (χ1n) is 10.4. The monoisotopic (exact) mass is 552 g/mol. The first-order chi connectivity index (χ1) is 17.5. The predicted octanol–water partition coefficient (Wildman–Crippen LogP) is 5.19. The van der Waals surface area contributed by atoms with Crippen LogP contribution in [0.2, 0.25) is 0 Å². The highest BCUT2D eigenvalue weighted by atomic mass is 32.3. The molecule has 4 rings (SSSR count). The van der Waals surface area contributed by atoms with Crippen LogP contribution < -0.4 is 22.6 Å². The number of methoxy groups -OCH3 is 1. The summed E-state index contributed by atoms with van der Waals surface area (Å²) in [7, 11) is -8.81. The molecule has 0 bridgehead atoms. The second-order valence-electron chi connectivity index (χ2n) is 7.44. The van der Waals surface area contributed by atoms with E-state index in [-0.39, 0.29) is 23.0 Å². The van der Waals surface area contributed by atoms with Gasteiger partial charge in [0, 0.05) is 5.56 Å². The Kier molecular flexibility index (Phi) is 7.36. The average molecular weight is 553 g/mol. The number of hydrogen-bond donors (Lipinski definition) is 0. The lowest BCUT2D eigenvalue weighted by atomic mass is 10.1. The van der Waals surface area contributed by atoms with E-state index in [1.54, 1.807) is 19.2 Å². The van der Waals surface area contributed by atoms with E-state index < -0.39 is 27.3 Å². The Morgan fingerprint density at radius 3 is 1.43 bits per heavy atom. The van der Waals surface area contributed by atoms with E-state index in [4.69, 9.17) is 14.2 Å². The molecule has 0 radical (unpaired) electrons. The minimum absolute atomic E-state index is 0.229. The van der Waals surface area contributed by atoms with Crippen LogP contribution in [-0.4, -0.2) is 23.9 Å². The van der Waals surface area contributed by atoms with Gasteiger partial charge in [-0.25, -0.2) is 0 Å². The van der Waals surface area contributed by atoms with E-state index >= 15 is 0 Å². The number of benzene rings is 4. The summed E-state index contributed by atoms with van der Waals surface area (Å²) in [5.41, 5.74) is 0.580. The first-order valence-corrected chi connectivity index (χ1v) is 13.0. The highest BCUT2D eigenvalue weighted by molar-refractivity contribution is 7.82. The fourth-order valence-corrected chi connectivity index (χ4v) is 3.98. The van der Waals surface area contributed by atoms with Crippen molar-refractivity contribution in [3.8, 4) is 28.7 Å². The lowest BCUT2D eigenvalue weighted by Gasteiger charge is -2.21. The van der Waals surface area contributed by atoms with Crippen LogP contribution in [0.3, 0.4) is 0 Å². The normalized spacial score (nSPS) is 11.8. The zero-order valence-electron chi connectivity index (χ0n) is 18.9. The zero-order valence-corrected chi connectivity index (χ0v) is 20.5. The van der Waals surface area contributed by atoms with Crippen LogP contribution in [-0.2, 0) is 21.0 Å². The van der Waals surface area contributed by atoms with E-state index in [0.29, 0.717) is 11.3 Å². The van der Waals surface area contributed by atoms with Gasteiger partial charge in [-0.15, -0.1) is 0 Å². The maximum absolute atomic E-state index is 12.8. The Labute approximate surface area is 211 Å². The lowest BCUT2D eigenvalue weighted by Crippen LogP contribution is -2.15. The van der Waals surface area contributed by atoms with Crippen LogP contribution in [0.4, 0.5) is 7.77 Å². The first kappa shape index (κ1) is 26.0. The molecule has 0 unspecified atom stereocenters. The summed E-state index contributed by atoms with van der Waals surface area (Å²) in [6.07, 6.45) is -1.06. The fourth-order valence-electron chi connectivity index (χ4n) is 3.30. The van der Waals surface area contributed by atoms with Gasteiger partial charge in [-0.2, -0.15) is 16.8 Å². The van der Waals surface area contributed by atoms with Crippen molar-refractivity contribution in [3.63, 3.8) is 0 Å². The fraction of sp³-hybridized carbons (Fsp3) is 0.0833. The minimum atomic E-state index is -5.18. The van der Waals surface area contributed by atoms with Crippen molar-refractivity contribution in [3.05, 3.63) is 90.5 Å². The number of hydrogen-bond acceptors (Lipinski definition) is 9. The number of halogens is 2. The zero-order chi connectivity index (χ0) is 26.6. The molecule has 194 valence electrons. The van der Waals surface area contributed by atoms with E-state index in [0.717, 1.165) is 10.8 Å². The van der Waals surface area contributed by atoms with Crippen molar-refractivity contribution in [2.45, 2.75) is 6.29 Å². The van der Waals surface area contributed by atoms with Gasteiger partial charge in [-0.3, -0.25) is 0 Å². The van der Waals surface area contributed by atoms with Crippen LogP contribution in [0, 0.1) is 0 Å². The summed E-state index contributed by atoms with van der Waals surface area (Å²) in [6, 6.07) is 21.1. The van der Waals surface area contributed by atoms with Gasteiger partial charge in [0.25, 0.3) is 6.29 Å². The van der Waals surface area contributed by atoms with Crippen molar-refractivity contribution in [2.75, 3.05) is 7.11 Å². The number of ether oxygens (including phenoxy) is 3. The third-order valence-electron chi connectivity index (χ3n) is 4.87. The van der Waals surface area contributed by atoms with Gasteiger partial charge in [0.15, 0.2) is 0 Å². The Morgan fingerprint density at radius 1 is 0.568 bits per heavy atom. The molecular formula is C24H18F2O9S2. The highest BCUT2D eigenvalue weighted by Crippen LogP contribution is 2.31. The molecule has 0 aliphatic rings. The Hall–Kier alpha value is -4.10. The summed E-state index contributed by atoms with van der Waals surface area (Å²) in [4.78, 5) is 0. The molecule has 0 amide bonds. The second kappa shape index (κ2) is 10.5. The van der Waals surface area contributed by atoms with Crippen molar-refractivity contribution < 1.29 is 47.2 Å². The third-order valence-corrected chi connectivity index (χ3v) is 5.65. The predicted molar refractivity (Wildman–Crippen MR) is 129 cm³/mol. The molecule has 0 spiro atoms. The third kappa shape index (κ3) is 7.44. The molecule has 0 N–H and O–H groups in total. The van der Waals surface area contributed by atoms with Crippen molar-refractivity contribution in [2.24, 2.45) is 0 Å². The van der Waals surface area contributed by atoms with E-state index in [9.17, 15) is 24.6 Å². The van der Waals surface area contributed by atoms with Gasteiger partial charge < -0.3 is 22.6 Å². The Balaban J connectivity index is 1.63.